The van der Waals surface area contributed by atoms with Gasteiger partial charge in [-0.2, -0.15) is 0 Å². The molecule has 0 bridgehead atoms. The SMILES string of the molecule is C/C=C/C=C/C[O]. The molecule has 1 nitrogen and oxygen atoms in total. The molecule has 0 unspecified atom stereocenters. The number of allylic oxidation sites excluding steroid dienone is 3. The standard InChI is InChI=1S/C6H9O/c1-2-3-4-5-6-7/h2-5H,6H2,1H3/b3-2+,5-4+. The summed E-state index contributed by atoms with van der Waals surface area (Å²) < 4.78 is 0. The van der Waals surface area contributed by atoms with Crippen molar-refractivity contribution in [1.29, 1.82) is 0 Å². The summed E-state index contributed by atoms with van der Waals surface area (Å²) in [4.78, 5) is 0. The predicted molar refractivity (Wildman–Crippen MR) is 29.5 cm³/mol. The zero-order chi connectivity index (χ0) is 5.54. The summed E-state index contributed by atoms with van der Waals surface area (Å²) in [5, 5.41) is 9.68. The highest BCUT2D eigenvalue weighted by atomic mass is 16.2. The lowest BCUT2D eigenvalue weighted by Gasteiger charge is -1.68. The lowest BCUT2D eigenvalue weighted by atomic mass is 10.4. The molecule has 0 saturated carbocycles. The van der Waals surface area contributed by atoms with Crippen LogP contribution in [0.15, 0.2) is 24.3 Å². The van der Waals surface area contributed by atoms with Crippen molar-refractivity contribution in [2.75, 3.05) is 6.61 Å². The fourth-order valence-electron chi connectivity index (χ4n) is 0.245. The van der Waals surface area contributed by atoms with E-state index in [2.05, 4.69) is 0 Å². The Labute approximate surface area is 44.0 Å². The van der Waals surface area contributed by atoms with E-state index in [1.807, 2.05) is 19.1 Å². The van der Waals surface area contributed by atoms with Gasteiger partial charge >= 0.3 is 0 Å². The average Bonchev–Trinajstić information content (AvgIpc) is 1.69. The third kappa shape index (κ3) is 5.44. The van der Waals surface area contributed by atoms with E-state index in [4.69, 9.17) is 0 Å². The molecule has 0 aromatic heterocycles. The van der Waals surface area contributed by atoms with Gasteiger partial charge in [0.15, 0.2) is 0 Å². The van der Waals surface area contributed by atoms with Gasteiger partial charge in [-0.3, -0.25) is 0 Å². The number of hydrogen-bond donors (Lipinski definition) is 0. The largest absolute Gasteiger partial charge is 0.232 e. The Morgan fingerprint density at radius 2 is 2.14 bits per heavy atom. The maximum absolute atomic E-state index is 9.68. The molecule has 0 heterocycles. The first-order valence-electron chi connectivity index (χ1n) is 2.27. The van der Waals surface area contributed by atoms with E-state index in [0.717, 1.165) is 0 Å². The minimum absolute atomic E-state index is 0.121. The van der Waals surface area contributed by atoms with Crippen LogP contribution in [0.5, 0.6) is 0 Å². The molecule has 0 amide bonds. The van der Waals surface area contributed by atoms with Crippen molar-refractivity contribution in [3.8, 4) is 0 Å². The molecule has 0 aliphatic rings. The van der Waals surface area contributed by atoms with Crippen molar-refractivity contribution in [3.63, 3.8) is 0 Å². The van der Waals surface area contributed by atoms with Crippen LogP contribution in [0.3, 0.4) is 0 Å². The van der Waals surface area contributed by atoms with Crippen molar-refractivity contribution in [1.82, 2.24) is 0 Å². The van der Waals surface area contributed by atoms with Gasteiger partial charge in [0.25, 0.3) is 0 Å². The summed E-state index contributed by atoms with van der Waals surface area (Å²) >= 11 is 0. The number of hydrogen-bond acceptors (Lipinski definition) is 0. The van der Waals surface area contributed by atoms with Crippen LogP contribution < -0.4 is 0 Å². The van der Waals surface area contributed by atoms with Crippen molar-refractivity contribution in [2.24, 2.45) is 0 Å². The Bertz CT molecular complexity index is 72.2. The Hall–Kier alpha value is -0.560. The topological polar surface area (TPSA) is 19.9 Å². The Balaban J connectivity index is 3.09. The van der Waals surface area contributed by atoms with E-state index in [1.54, 1.807) is 12.2 Å². The molecule has 0 aromatic rings. The molecule has 0 rings (SSSR count). The van der Waals surface area contributed by atoms with Gasteiger partial charge in [0.1, 0.15) is 6.61 Å². The summed E-state index contributed by atoms with van der Waals surface area (Å²) in [5.41, 5.74) is 0. The minimum atomic E-state index is -0.121. The highest BCUT2D eigenvalue weighted by Crippen LogP contribution is 1.72. The lowest BCUT2D eigenvalue weighted by Crippen LogP contribution is -1.63. The maximum Gasteiger partial charge on any atom is 0.101 e. The van der Waals surface area contributed by atoms with E-state index < -0.39 is 0 Å². The van der Waals surface area contributed by atoms with Gasteiger partial charge in [0.05, 0.1) is 0 Å². The van der Waals surface area contributed by atoms with Crippen LogP contribution in [0.2, 0.25) is 0 Å². The summed E-state index contributed by atoms with van der Waals surface area (Å²) in [7, 11) is 0. The van der Waals surface area contributed by atoms with Crippen molar-refractivity contribution >= 4 is 0 Å². The molecule has 39 valence electrons. The fourth-order valence-corrected chi connectivity index (χ4v) is 0.245. The molecule has 0 aliphatic carbocycles. The van der Waals surface area contributed by atoms with E-state index in [1.165, 1.54) is 0 Å². The van der Waals surface area contributed by atoms with Crippen molar-refractivity contribution in [3.05, 3.63) is 24.3 Å². The van der Waals surface area contributed by atoms with Gasteiger partial charge in [0.2, 0.25) is 0 Å². The Kier molecular flexibility index (Phi) is 5.00. The normalized spacial score (nSPS) is 11.7. The molecular formula is C6H9O. The first-order valence-corrected chi connectivity index (χ1v) is 2.27. The summed E-state index contributed by atoms with van der Waals surface area (Å²) in [6.07, 6.45) is 7.02. The molecule has 0 fully saturated rings. The molecule has 0 aliphatic heterocycles. The second-order valence-corrected chi connectivity index (χ2v) is 1.12. The van der Waals surface area contributed by atoms with Crippen LogP contribution in [0.25, 0.3) is 0 Å². The van der Waals surface area contributed by atoms with Gasteiger partial charge < -0.3 is 0 Å². The number of rotatable bonds is 2. The monoisotopic (exact) mass is 97.1 g/mol. The van der Waals surface area contributed by atoms with Crippen molar-refractivity contribution < 1.29 is 5.11 Å². The Morgan fingerprint density at radius 3 is 2.57 bits per heavy atom. The van der Waals surface area contributed by atoms with E-state index in [0.29, 0.717) is 0 Å². The fraction of sp³-hybridized carbons (Fsp3) is 0.333. The van der Waals surface area contributed by atoms with E-state index in [9.17, 15) is 5.11 Å². The first-order chi connectivity index (χ1) is 3.41. The van der Waals surface area contributed by atoms with E-state index in [-0.39, 0.29) is 6.61 Å². The summed E-state index contributed by atoms with van der Waals surface area (Å²) in [6.45, 7) is 1.79. The quantitative estimate of drug-likeness (QED) is 0.466. The van der Waals surface area contributed by atoms with E-state index >= 15 is 0 Å². The van der Waals surface area contributed by atoms with Crippen LogP contribution in [0, 0.1) is 0 Å². The third-order valence-electron chi connectivity index (χ3n) is 0.536. The van der Waals surface area contributed by atoms with Crippen LogP contribution in [-0.4, -0.2) is 6.61 Å². The van der Waals surface area contributed by atoms with Gasteiger partial charge in [-0.1, -0.05) is 24.3 Å². The molecule has 0 saturated heterocycles. The highest BCUT2D eigenvalue weighted by Gasteiger charge is 1.60. The van der Waals surface area contributed by atoms with Crippen molar-refractivity contribution in [2.45, 2.75) is 6.92 Å². The van der Waals surface area contributed by atoms with Crippen LogP contribution in [-0.2, 0) is 5.11 Å². The van der Waals surface area contributed by atoms with Gasteiger partial charge in [-0.15, -0.1) is 0 Å². The van der Waals surface area contributed by atoms with Gasteiger partial charge in [0, 0.05) is 0 Å². The smallest absolute Gasteiger partial charge is 0.101 e. The molecule has 0 N–H and O–H groups in total. The molecule has 7 heavy (non-hydrogen) atoms. The molecule has 1 heteroatoms. The zero-order valence-corrected chi connectivity index (χ0v) is 4.42. The third-order valence-corrected chi connectivity index (χ3v) is 0.536. The molecular weight excluding hydrogens is 88.1 g/mol. The second-order valence-electron chi connectivity index (χ2n) is 1.12. The van der Waals surface area contributed by atoms with Gasteiger partial charge in [-0.05, 0) is 6.92 Å². The summed E-state index contributed by atoms with van der Waals surface area (Å²) in [5.74, 6) is 0. The second kappa shape index (κ2) is 5.44. The molecule has 1 radical (unpaired) electrons. The molecule has 0 atom stereocenters. The maximum atomic E-state index is 9.68. The molecule has 0 spiro atoms. The predicted octanol–water partition coefficient (Wildman–Crippen LogP) is 1.55. The Morgan fingerprint density at radius 1 is 1.43 bits per heavy atom. The zero-order valence-electron chi connectivity index (χ0n) is 4.42. The van der Waals surface area contributed by atoms with Crippen LogP contribution >= 0.6 is 0 Å². The highest BCUT2D eigenvalue weighted by molar-refractivity contribution is 5.00. The molecule has 0 aromatic carbocycles. The average molecular weight is 97.1 g/mol. The van der Waals surface area contributed by atoms with Crippen LogP contribution in [0.1, 0.15) is 6.92 Å². The lowest BCUT2D eigenvalue weighted by molar-refractivity contribution is 0.232. The minimum Gasteiger partial charge on any atom is -0.232 e. The van der Waals surface area contributed by atoms with Gasteiger partial charge in [-0.25, -0.2) is 5.11 Å². The first kappa shape index (κ1) is 6.44. The summed E-state index contributed by atoms with van der Waals surface area (Å²) in [6, 6.07) is 0. The van der Waals surface area contributed by atoms with Crippen LogP contribution in [0.4, 0.5) is 0 Å².